The summed E-state index contributed by atoms with van der Waals surface area (Å²) in [4.78, 5) is 31.1. The van der Waals surface area contributed by atoms with E-state index in [1.165, 1.54) is 6.92 Å². The predicted octanol–water partition coefficient (Wildman–Crippen LogP) is 7.54. The summed E-state index contributed by atoms with van der Waals surface area (Å²) in [5, 5.41) is 5.81. The largest absolute Gasteiger partial charge is 0.477 e. The van der Waals surface area contributed by atoms with Crippen LogP contribution in [0.3, 0.4) is 0 Å². The van der Waals surface area contributed by atoms with Crippen LogP contribution < -0.4 is 15.4 Å². The molecule has 4 rings (SSSR count). The van der Waals surface area contributed by atoms with Gasteiger partial charge in [-0.05, 0) is 59.6 Å². The molecule has 0 saturated carbocycles. The second-order valence-corrected chi connectivity index (χ2v) is 13.8. The van der Waals surface area contributed by atoms with Crippen LogP contribution in [0.25, 0.3) is 22.3 Å². The van der Waals surface area contributed by atoms with Gasteiger partial charge in [0.25, 0.3) is 5.91 Å². The first-order valence-electron chi connectivity index (χ1n) is 16.5. The van der Waals surface area contributed by atoms with Crippen molar-refractivity contribution in [2.75, 3.05) is 32.0 Å². The Morgan fingerprint density at radius 2 is 1.56 bits per heavy atom. The van der Waals surface area contributed by atoms with Gasteiger partial charge in [-0.25, -0.2) is 4.98 Å². The Morgan fingerprint density at radius 1 is 0.896 bits per heavy atom. The van der Waals surface area contributed by atoms with E-state index in [-0.39, 0.29) is 22.6 Å². The zero-order chi connectivity index (χ0) is 34.4. The van der Waals surface area contributed by atoms with Crippen molar-refractivity contribution < 1.29 is 14.3 Å². The third kappa shape index (κ3) is 11.7. The van der Waals surface area contributed by atoms with E-state index in [1.807, 2.05) is 66.9 Å². The molecule has 3 aromatic carbocycles. The Labute approximate surface area is 296 Å². The molecule has 7 nitrogen and oxygen atoms in total. The Balaban J connectivity index is 1.24. The lowest BCUT2D eigenvalue weighted by Crippen LogP contribution is -2.40. The lowest BCUT2D eigenvalue weighted by molar-refractivity contribution is -0.119. The summed E-state index contributed by atoms with van der Waals surface area (Å²) in [5.41, 5.74) is 5.86. The summed E-state index contributed by atoms with van der Waals surface area (Å²) in [6.07, 6.45) is 4.68. The summed E-state index contributed by atoms with van der Waals surface area (Å²) in [5.74, 6) is 1.16. The topological polar surface area (TPSA) is 83.6 Å². The van der Waals surface area contributed by atoms with Crippen molar-refractivity contribution in [1.29, 1.82) is 0 Å². The van der Waals surface area contributed by atoms with Crippen molar-refractivity contribution in [2.24, 2.45) is 5.41 Å². The molecular formula is C39H48N4O3S2. The molecule has 48 heavy (non-hydrogen) atoms. The van der Waals surface area contributed by atoms with Crippen LogP contribution in [-0.4, -0.2) is 59.1 Å². The molecule has 254 valence electrons. The van der Waals surface area contributed by atoms with Crippen molar-refractivity contribution in [2.45, 2.75) is 52.0 Å². The van der Waals surface area contributed by atoms with Gasteiger partial charge in [-0.3, -0.25) is 14.5 Å². The first kappa shape index (κ1) is 37.0. The van der Waals surface area contributed by atoms with Crippen LogP contribution in [0.1, 0.15) is 56.0 Å². The molecule has 0 aliphatic carbocycles. The number of hydrogen-bond donors (Lipinski definition) is 4. The number of ether oxygens (including phenoxy) is 1. The first-order valence-corrected chi connectivity index (χ1v) is 17.7. The van der Waals surface area contributed by atoms with Crippen LogP contribution >= 0.6 is 25.3 Å². The van der Waals surface area contributed by atoms with Gasteiger partial charge < -0.3 is 15.4 Å². The van der Waals surface area contributed by atoms with Gasteiger partial charge in [0.2, 0.25) is 11.8 Å². The van der Waals surface area contributed by atoms with Gasteiger partial charge in [0, 0.05) is 61.7 Å². The fourth-order valence-electron chi connectivity index (χ4n) is 5.39. The van der Waals surface area contributed by atoms with E-state index in [2.05, 4.69) is 85.0 Å². The van der Waals surface area contributed by atoms with Gasteiger partial charge in [0.1, 0.15) is 0 Å². The smallest absolute Gasteiger partial charge is 0.251 e. The Kier molecular flexibility index (Phi) is 14.4. The SMILES string of the molecule is CC(=O)NCC(S)N(CCS)Cc1ccc(C(=O)NCC(C)(C)CCCCOc2ncc(-c3ccccc3)cc2-c2ccccc2)cc1. The third-order valence-electron chi connectivity index (χ3n) is 8.20. The molecule has 0 aliphatic rings. The number of rotatable bonds is 18. The number of amides is 2. The summed E-state index contributed by atoms with van der Waals surface area (Å²) in [6, 6.07) is 30.3. The standard InChI is InChI=1S/C39H48N4O3S2/c1-29(44)40-26-36(48)43(21-23-47)27-30-16-18-33(19-17-30)37(45)42-28-39(2,3)20-10-11-22-46-38-35(32-14-8-5-9-15-32)24-34(25-41-38)31-12-6-4-7-13-31/h4-9,12-19,24-25,36,47-48H,10-11,20-23,26-28H2,1-3H3,(H,40,44)(H,42,45). The van der Waals surface area contributed by atoms with E-state index in [0.29, 0.717) is 43.4 Å². The molecule has 0 fully saturated rings. The number of benzene rings is 3. The third-order valence-corrected chi connectivity index (χ3v) is 8.91. The summed E-state index contributed by atoms with van der Waals surface area (Å²) < 4.78 is 6.23. The predicted molar refractivity (Wildman–Crippen MR) is 203 cm³/mol. The molecule has 9 heteroatoms. The van der Waals surface area contributed by atoms with Crippen molar-refractivity contribution in [3.63, 3.8) is 0 Å². The van der Waals surface area contributed by atoms with Crippen molar-refractivity contribution >= 4 is 37.1 Å². The van der Waals surface area contributed by atoms with E-state index in [0.717, 1.165) is 53.6 Å². The van der Waals surface area contributed by atoms with Crippen LogP contribution in [0.5, 0.6) is 5.88 Å². The van der Waals surface area contributed by atoms with Crippen LogP contribution in [0.15, 0.2) is 97.2 Å². The monoisotopic (exact) mass is 684 g/mol. The number of hydrogen-bond acceptors (Lipinski definition) is 7. The minimum absolute atomic E-state index is 0.0662. The Hall–Kier alpha value is -3.79. The second-order valence-electron chi connectivity index (χ2n) is 12.8. The number of nitrogens with one attached hydrogen (secondary N) is 2. The molecule has 4 aromatic rings. The molecule has 0 bridgehead atoms. The highest BCUT2D eigenvalue weighted by molar-refractivity contribution is 7.81. The fraction of sp³-hybridized carbons (Fsp3) is 0.359. The van der Waals surface area contributed by atoms with E-state index in [9.17, 15) is 9.59 Å². The summed E-state index contributed by atoms with van der Waals surface area (Å²) >= 11 is 9.03. The molecule has 0 spiro atoms. The molecule has 0 saturated heterocycles. The molecule has 2 amide bonds. The number of aromatic nitrogens is 1. The van der Waals surface area contributed by atoms with Gasteiger partial charge in [-0.15, -0.1) is 0 Å². The van der Waals surface area contributed by atoms with Crippen molar-refractivity contribution in [3.05, 3.63) is 108 Å². The molecular weight excluding hydrogens is 637 g/mol. The molecule has 2 N–H and O–H groups in total. The maximum atomic E-state index is 13.0. The van der Waals surface area contributed by atoms with E-state index in [1.54, 1.807) is 0 Å². The van der Waals surface area contributed by atoms with E-state index in [4.69, 9.17) is 9.72 Å². The zero-order valence-electron chi connectivity index (χ0n) is 28.2. The van der Waals surface area contributed by atoms with Gasteiger partial charge >= 0.3 is 0 Å². The fourth-order valence-corrected chi connectivity index (χ4v) is 5.93. The minimum atomic E-state index is -0.132. The van der Waals surface area contributed by atoms with Crippen LogP contribution in [0.2, 0.25) is 0 Å². The van der Waals surface area contributed by atoms with Crippen molar-refractivity contribution in [3.8, 4) is 28.1 Å². The average molecular weight is 685 g/mol. The average Bonchev–Trinajstić information content (AvgIpc) is 3.10. The highest BCUT2D eigenvalue weighted by Crippen LogP contribution is 2.33. The Morgan fingerprint density at radius 3 is 2.21 bits per heavy atom. The van der Waals surface area contributed by atoms with Gasteiger partial charge in [0.05, 0.1) is 12.0 Å². The highest BCUT2D eigenvalue weighted by Gasteiger charge is 2.20. The maximum Gasteiger partial charge on any atom is 0.251 e. The molecule has 1 aromatic heterocycles. The molecule has 1 heterocycles. The molecule has 0 radical (unpaired) electrons. The summed E-state index contributed by atoms with van der Waals surface area (Å²) in [6.45, 7) is 8.83. The maximum absolute atomic E-state index is 13.0. The lowest BCUT2D eigenvalue weighted by atomic mass is 9.87. The highest BCUT2D eigenvalue weighted by atomic mass is 32.1. The normalized spacial score (nSPS) is 12.0. The van der Waals surface area contributed by atoms with Crippen LogP contribution in [-0.2, 0) is 11.3 Å². The van der Waals surface area contributed by atoms with E-state index >= 15 is 0 Å². The van der Waals surface area contributed by atoms with E-state index < -0.39 is 0 Å². The number of thiol groups is 2. The number of carbonyl (C=O) groups is 2. The second kappa shape index (κ2) is 18.7. The quantitative estimate of drug-likeness (QED) is 0.0495. The zero-order valence-corrected chi connectivity index (χ0v) is 30.0. The van der Waals surface area contributed by atoms with Crippen LogP contribution in [0.4, 0.5) is 0 Å². The Bertz CT molecular complexity index is 1580. The molecule has 0 aliphatic heterocycles. The molecule has 1 unspecified atom stereocenters. The van der Waals surface area contributed by atoms with Gasteiger partial charge in [0.15, 0.2) is 0 Å². The first-order chi connectivity index (χ1) is 23.1. The number of carbonyl (C=O) groups excluding carboxylic acids is 2. The van der Waals surface area contributed by atoms with Crippen LogP contribution in [0, 0.1) is 5.41 Å². The number of unbranched alkanes of at least 4 members (excludes halogenated alkanes) is 1. The minimum Gasteiger partial charge on any atom is -0.477 e. The van der Waals surface area contributed by atoms with Crippen molar-refractivity contribution in [1.82, 2.24) is 20.5 Å². The number of nitrogens with zero attached hydrogens (tertiary/aromatic N) is 2. The molecule has 1 atom stereocenters. The summed E-state index contributed by atoms with van der Waals surface area (Å²) in [7, 11) is 0. The number of pyridine rings is 1. The van der Waals surface area contributed by atoms with Gasteiger partial charge in [-0.1, -0.05) is 86.6 Å². The van der Waals surface area contributed by atoms with Gasteiger partial charge in [-0.2, -0.15) is 25.3 Å². The lowest BCUT2D eigenvalue weighted by Gasteiger charge is -2.28.